The first-order valence-electron chi connectivity index (χ1n) is 7.29. The summed E-state index contributed by atoms with van der Waals surface area (Å²) in [6.45, 7) is 2.99. The van der Waals surface area contributed by atoms with Crippen LogP contribution in [0, 0.1) is 6.92 Å². The normalized spacial score (nSPS) is 17.4. The fourth-order valence-corrected chi connectivity index (χ4v) is 4.18. The number of piperidine rings is 1. The molecule has 0 atom stereocenters. The monoisotopic (exact) mass is 342 g/mol. The molecule has 7 heteroatoms. The van der Waals surface area contributed by atoms with Gasteiger partial charge in [0.2, 0.25) is 15.9 Å². The van der Waals surface area contributed by atoms with E-state index >= 15 is 0 Å². The second-order valence-electron chi connectivity index (χ2n) is 5.56. The van der Waals surface area contributed by atoms with Crippen LogP contribution in [-0.2, 0) is 14.8 Å². The number of carbonyl (C=O) groups is 1. The number of amides is 1. The quantitative estimate of drug-likeness (QED) is 0.826. The Bertz CT molecular complexity index is 623. The molecule has 1 aliphatic rings. The summed E-state index contributed by atoms with van der Waals surface area (Å²) in [7, 11) is -3.11. The molecular formula is C15H22N2O3S2. The van der Waals surface area contributed by atoms with Gasteiger partial charge < -0.3 is 5.32 Å². The lowest BCUT2D eigenvalue weighted by Crippen LogP contribution is -2.46. The van der Waals surface area contributed by atoms with Crippen molar-refractivity contribution >= 4 is 27.7 Å². The molecule has 0 saturated carbocycles. The summed E-state index contributed by atoms with van der Waals surface area (Å²) in [5.41, 5.74) is 1.17. The average Bonchev–Trinajstić information content (AvgIpc) is 2.46. The fraction of sp³-hybridized carbons (Fsp3) is 0.533. The molecule has 1 N–H and O–H groups in total. The summed E-state index contributed by atoms with van der Waals surface area (Å²) in [6, 6.07) is 8.06. The molecule has 0 aromatic heterocycles. The number of nitrogens with one attached hydrogen (secondary N) is 1. The lowest BCUT2D eigenvalue weighted by molar-refractivity contribution is -0.119. The van der Waals surface area contributed by atoms with Gasteiger partial charge in [0.1, 0.15) is 0 Å². The molecule has 1 aromatic rings. The van der Waals surface area contributed by atoms with Gasteiger partial charge in [-0.2, -0.15) is 0 Å². The molecule has 1 aromatic carbocycles. The lowest BCUT2D eigenvalue weighted by atomic mass is 10.1. The van der Waals surface area contributed by atoms with Crippen molar-refractivity contribution in [3.8, 4) is 0 Å². The van der Waals surface area contributed by atoms with E-state index in [-0.39, 0.29) is 11.9 Å². The van der Waals surface area contributed by atoms with Gasteiger partial charge in [-0.1, -0.05) is 18.2 Å². The van der Waals surface area contributed by atoms with Crippen molar-refractivity contribution in [2.75, 3.05) is 25.1 Å². The van der Waals surface area contributed by atoms with Crippen LogP contribution < -0.4 is 5.32 Å². The zero-order chi connectivity index (χ0) is 16.2. The van der Waals surface area contributed by atoms with E-state index in [1.54, 1.807) is 0 Å². The average molecular weight is 342 g/mol. The summed E-state index contributed by atoms with van der Waals surface area (Å²) in [5, 5.41) is 3.00. The summed E-state index contributed by atoms with van der Waals surface area (Å²) in [6.07, 6.45) is 2.58. The molecule has 0 radical (unpaired) electrons. The van der Waals surface area contributed by atoms with Gasteiger partial charge in [-0.3, -0.25) is 4.79 Å². The fourth-order valence-electron chi connectivity index (χ4n) is 2.46. The predicted molar refractivity (Wildman–Crippen MR) is 89.5 cm³/mol. The van der Waals surface area contributed by atoms with E-state index in [0.29, 0.717) is 31.7 Å². The van der Waals surface area contributed by atoms with Crippen LogP contribution in [0.4, 0.5) is 0 Å². The molecule has 1 aliphatic heterocycles. The summed E-state index contributed by atoms with van der Waals surface area (Å²) >= 11 is 1.53. The van der Waals surface area contributed by atoms with Gasteiger partial charge in [-0.25, -0.2) is 12.7 Å². The van der Waals surface area contributed by atoms with Gasteiger partial charge in [0.05, 0.1) is 12.0 Å². The third-order valence-electron chi connectivity index (χ3n) is 3.74. The third-order valence-corrected chi connectivity index (χ3v) is 6.22. The third kappa shape index (κ3) is 5.00. The number of sulfonamides is 1. The number of carbonyl (C=O) groups excluding carboxylic acids is 1. The Balaban J connectivity index is 1.76. The van der Waals surface area contributed by atoms with E-state index in [4.69, 9.17) is 0 Å². The summed E-state index contributed by atoms with van der Waals surface area (Å²) < 4.78 is 24.4. The topological polar surface area (TPSA) is 66.5 Å². The predicted octanol–water partition coefficient (Wildman–Crippen LogP) is 1.63. The Morgan fingerprint density at radius 1 is 1.32 bits per heavy atom. The van der Waals surface area contributed by atoms with Crippen molar-refractivity contribution in [1.82, 2.24) is 9.62 Å². The van der Waals surface area contributed by atoms with Gasteiger partial charge in [-0.05, 0) is 31.4 Å². The molecule has 5 nitrogen and oxygen atoms in total. The smallest absolute Gasteiger partial charge is 0.230 e. The van der Waals surface area contributed by atoms with Gasteiger partial charge in [0.15, 0.2) is 0 Å². The minimum Gasteiger partial charge on any atom is -0.353 e. The number of thioether (sulfide) groups is 1. The van der Waals surface area contributed by atoms with Crippen LogP contribution in [0.3, 0.4) is 0 Å². The van der Waals surface area contributed by atoms with Gasteiger partial charge in [0, 0.05) is 24.0 Å². The van der Waals surface area contributed by atoms with Crippen molar-refractivity contribution in [3.05, 3.63) is 29.8 Å². The highest BCUT2D eigenvalue weighted by molar-refractivity contribution is 8.00. The van der Waals surface area contributed by atoms with E-state index in [1.165, 1.54) is 27.9 Å². The highest BCUT2D eigenvalue weighted by atomic mass is 32.2. The van der Waals surface area contributed by atoms with Crippen molar-refractivity contribution in [2.45, 2.75) is 30.7 Å². The molecule has 1 saturated heterocycles. The van der Waals surface area contributed by atoms with Crippen LogP contribution in [0.5, 0.6) is 0 Å². The van der Waals surface area contributed by atoms with E-state index in [0.717, 1.165) is 4.90 Å². The molecule has 1 amide bonds. The van der Waals surface area contributed by atoms with E-state index < -0.39 is 10.0 Å². The van der Waals surface area contributed by atoms with E-state index in [9.17, 15) is 13.2 Å². The minimum absolute atomic E-state index is 0.00561. The first kappa shape index (κ1) is 17.3. The first-order valence-corrected chi connectivity index (χ1v) is 10.1. The summed E-state index contributed by atoms with van der Waals surface area (Å²) in [4.78, 5) is 13.1. The largest absolute Gasteiger partial charge is 0.353 e. The molecule has 0 aliphatic carbocycles. The van der Waals surface area contributed by atoms with Crippen LogP contribution >= 0.6 is 11.8 Å². The maximum Gasteiger partial charge on any atom is 0.230 e. The van der Waals surface area contributed by atoms with Crippen LogP contribution in [0.25, 0.3) is 0 Å². The molecule has 0 unspecified atom stereocenters. The number of rotatable bonds is 5. The minimum atomic E-state index is -3.11. The second kappa shape index (κ2) is 7.48. The second-order valence-corrected chi connectivity index (χ2v) is 8.56. The molecule has 0 bridgehead atoms. The number of benzene rings is 1. The Kier molecular flexibility index (Phi) is 5.88. The SMILES string of the molecule is Cc1ccccc1SCC(=O)NC1CCN(S(C)(=O)=O)CC1. The van der Waals surface area contributed by atoms with Crippen molar-refractivity contribution in [1.29, 1.82) is 0 Å². The molecule has 1 fully saturated rings. The maximum atomic E-state index is 12.0. The maximum absolute atomic E-state index is 12.0. The first-order chi connectivity index (χ1) is 10.4. The van der Waals surface area contributed by atoms with Gasteiger partial charge in [0.25, 0.3) is 0 Å². The van der Waals surface area contributed by atoms with Crippen molar-refractivity contribution in [3.63, 3.8) is 0 Å². The van der Waals surface area contributed by atoms with E-state index in [1.807, 2.05) is 31.2 Å². The standard InChI is InChI=1S/C15H22N2O3S2/c1-12-5-3-4-6-14(12)21-11-15(18)16-13-7-9-17(10-8-13)22(2,19)20/h3-6,13H,7-11H2,1-2H3,(H,16,18). The van der Waals surface area contributed by atoms with Crippen LogP contribution in [0.1, 0.15) is 18.4 Å². The highest BCUT2D eigenvalue weighted by Gasteiger charge is 2.25. The lowest BCUT2D eigenvalue weighted by Gasteiger charge is -2.30. The van der Waals surface area contributed by atoms with Crippen LogP contribution in [-0.4, -0.2) is 49.8 Å². The zero-order valence-electron chi connectivity index (χ0n) is 12.9. The van der Waals surface area contributed by atoms with Gasteiger partial charge in [-0.15, -0.1) is 11.8 Å². The number of hydrogen-bond donors (Lipinski definition) is 1. The van der Waals surface area contributed by atoms with Crippen molar-refractivity contribution in [2.24, 2.45) is 0 Å². The summed E-state index contributed by atoms with van der Waals surface area (Å²) in [5.74, 6) is 0.392. The molecule has 2 rings (SSSR count). The zero-order valence-corrected chi connectivity index (χ0v) is 14.5. The van der Waals surface area contributed by atoms with Crippen LogP contribution in [0.2, 0.25) is 0 Å². The molecule has 0 spiro atoms. The Hall–Kier alpha value is -1.05. The molecule has 122 valence electrons. The highest BCUT2D eigenvalue weighted by Crippen LogP contribution is 2.21. The molecule has 22 heavy (non-hydrogen) atoms. The molecular weight excluding hydrogens is 320 g/mol. The Labute approximate surface area is 136 Å². The number of nitrogens with zero attached hydrogens (tertiary/aromatic N) is 1. The molecule has 1 heterocycles. The Morgan fingerprint density at radius 2 is 1.95 bits per heavy atom. The van der Waals surface area contributed by atoms with Crippen molar-refractivity contribution < 1.29 is 13.2 Å². The van der Waals surface area contributed by atoms with E-state index in [2.05, 4.69) is 5.32 Å². The number of hydrogen-bond acceptors (Lipinski definition) is 4. The number of aryl methyl sites for hydroxylation is 1. The van der Waals surface area contributed by atoms with Crippen LogP contribution in [0.15, 0.2) is 29.2 Å². The Morgan fingerprint density at radius 3 is 2.55 bits per heavy atom. The van der Waals surface area contributed by atoms with Gasteiger partial charge >= 0.3 is 0 Å².